The molecule has 1 heterocycles. The van der Waals surface area contributed by atoms with Crippen LogP contribution in [0.15, 0.2) is 28.8 Å². The van der Waals surface area contributed by atoms with Gasteiger partial charge in [-0.25, -0.2) is 0 Å². The van der Waals surface area contributed by atoms with Crippen LogP contribution in [0.3, 0.4) is 0 Å². The first-order valence-electron chi connectivity index (χ1n) is 6.01. The SMILES string of the molecule is COc1ccc([C@H](C)O)c(OCc2cc(C)on2)c1. The quantitative estimate of drug-likeness (QED) is 0.898. The molecule has 1 atom stereocenters. The van der Waals surface area contributed by atoms with Crippen molar-refractivity contribution in [1.29, 1.82) is 0 Å². The molecule has 5 nitrogen and oxygen atoms in total. The maximum absolute atomic E-state index is 9.71. The molecule has 0 spiro atoms. The minimum Gasteiger partial charge on any atom is -0.497 e. The fourth-order valence-corrected chi connectivity index (χ4v) is 1.75. The number of hydrogen-bond donors (Lipinski definition) is 1. The molecule has 1 aromatic heterocycles. The Morgan fingerprint density at radius 2 is 2.16 bits per heavy atom. The second kappa shape index (κ2) is 5.75. The predicted molar refractivity (Wildman–Crippen MR) is 69.2 cm³/mol. The van der Waals surface area contributed by atoms with Crippen molar-refractivity contribution in [2.75, 3.05) is 7.11 Å². The van der Waals surface area contributed by atoms with Crippen LogP contribution in [0.25, 0.3) is 0 Å². The molecule has 0 amide bonds. The summed E-state index contributed by atoms with van der Waals surface area (Å²) in [5.74, 6) is 1.99. The molecular weight excluding hydrogens is 246 g/mol. The van der Waals surface area contributed by atoms with Crippen molar-refractivity contribution >= 4 is 0 Å². The van der Waals surface area contributed by atoms with Gasteiger partial charge in [0.2, 0.25) is 0 Å². The average Bonchev–Trinajstić information content (AvgIpc) is 2.81. The van der Waals surface area contributed by atoms with Crippen LogP contribution in [0.2, 0.25) is 0 Å². The zero-order valence-electron chi connectivity index (χ0n) is 11.2. The van der Waals surface area contributed by atoms with Crippen molar-refractivity contribution in [3.8, 4) is 11.5 Å². The molecule has 1 aromatic carbocycles. The number of rotatable bonds is 5. The van der Waals surface area contributed by atoms with Gasteiger partial charge in [-0.1, -0.05) is 5.16 Å². The lowest BCUT2D eigenvalue weighted by Gasteiger charge is -2.13. The normalized spacial score (nSPS) is 12.2. The van der Waals surface area contributed by atoms with Crippen LogP contribution in [-0.2, 0) is 6.61 Å². The number of benzene rings is 1. The summed E-state index contributed by atoms with van der Waals surface area (Å²) in [4.78, 5) is 0. The van der Waals surface area contributed by atoms with Gasteiger partial charge in [-0.05, 0) is 26.0 Å². The van der Waals surface area contributed by atoms with E-state index in [4.69, 9.17) is 14.0 Å². The van der Waals surface area contributed by atoms with E-state index in [9.17, 15) is 5.11 Å². The minimum atomic E-state index is -0.611. The van der Waals surface area contributed by atoms with Gasteiger partial charge in [-0.15, -0.1) is 0 Å². The average molecular weight is 263 g/mol. The first kappa shape index (κ1) is 13.4. The Morgan fingerprint density at radius 1 is 1.37 bits per heavy atom. The Morgan fingerprint density at radius 3 is 2.74 bits per heavy atom. The summed E-state index contributed by atoms with van der Waals surface area (Å²) in [5, 5.41) is 13.6. The monoisotopic (exact) mass is 263 g/mol. The fraction of sp³-hybridized carbons (Fsp3) is 0.357. The summed E-state index contributed by atoms with van der Waals surface area (Å²) < 4.78 is 15.8. The smallest absolute Gasteiger partial charge is 0.134 e. The molecule has 0 saturated heterocycles. The van der Waals surface area contributed by atoms with E-state index in [2.05, 4.69) is 5.16 Å². The van der Waals surface area contributed by atoms with Crippen molar-refractivity contribution in [2.45, 2.75) is 26.6 Å². The Balaban J connectivity index is 2.17. The molecule has 2 rings (SSSR count). The van der Waals surface area contributed by atoms with Gasteiger partial charge in [0.25, 0.3) is 0 Å². The third-order valence-corrected chi connectivity index (χ3v) is 2.72. The summed E-state index contributed by atoms with van der Waals surface area (Å²) in [7, 11) is 1.59. The van der Waals surface area contributed by atoms with Crippen LogP contribution in [0.1, 0.15) is 30.0 Å². The van der Waals surface area contributed by atoms with Gasteiger partial charge in [-0.3, -0.25) is 0 Å². The van der Waals surface area contributed by atoms with Gasteiger partial charge in [0.15, 0.2) is 0 Å². The van der Waals surface area contributed by atoms with Crippen molar-refractivity contribution in [3.63, 3.8) is 0 Å². The highest BCUT2D eigenvalue weighted by Gasteiger charge is 2.11. The van der Waals surface area contributed by atoms with Crippen molar-refractivity contribution in [2.24, 2.45) is 0 Å². The largest absolute Gasteiger partial charge is 0.497 e. The van der Waals surface area contributed by atoms with Crippen molar-refractivity contribution < 1.29 is 19.1 Å². The van der Waals surface area contributed by atoms with Crippen molar-refractivity contribution in [3.05, 3.63) is 41.3 Å². The van der Waals surface area contributed by atoms with Gasteiger partial charge < -0.3 is 19.1 Å². The maximum atomic E-state index is 9.71. The van der Waals surface area contributed by atoms with E-state index >= 15 is 0 Å². The van der Waals surface area contributed by atoms with Gasteiger partial charge in [0, 0.05) is 17.7 Å². The zero-order valence-corrected chi connectivity index (χ0v) is 11.2. The van der Waals surface area contributed by atoms with Crippen LogP contribution < -0.4 is 9.47 Å². The van der Waals surface area contributed by atoms with E-state index in [1.807, 2.05) is 13.0 Å². The zero-order chi connectivity index (χ0) is 13.8. The standard InChI is InChI=1S/C14H17NO4/c1-9-6-11(15-19-9)8-18-14-7-12(17-3)4-5-13(14)10(2)16/h4-7,10,16H,8H2,1-3H3/t10-/m0/s1. The maximum Gasteiger partial charge on any atom is 0.134 e. The molecule has 0 saturated carbocycles. The third-order valence-electron chi connectivity index (χ3n) is 2.72. The molecule has 102 valence electrons. The Hall–Kier alpha value is -2.01. The number of hydrogen-bond acceptors (Lipinski definition) is 5. The van der Waals surface area contributed by atoms with Gasteiger partial charge in [-0.2, -0.15) is 0 Å². The van der Waals surface area contributed by atoms with E-state index in [0.717, 1.165) is 5.76 Å². The molecule has 0 aliphatic heterocycles. The van der Waals surface area contributed by atoms with Crippen LogP contribution >= 0.6 is 0 Å². The van der Waals surface area contributed by atoms with Gasteiger partial charge in [0.1, 0.15) is 29.6 Å². The predicted octanol–water partition coefficient (Wildman–Crippen LogP) is 2.62. The van der Waals surface area contributed by atoms with E-state index < -0.39 is 6.10 Å². The first-order valence-corrected chi connectivity index (χ1v) is 6.01. The number of aliphatic hydroxyl groups excluding tert-OH is 1. The Labute approximate surface area is 111 Å². The Kier molecular flexibility index (Phi) is 4.06. The lowest BCUT2D eigenvalue weighted by Crippen LogP contribution is -2.01. The molecule has 0 fully saturated rings. The molecule has 1 N–H and O–H groups in total. The second-order valence-corrected chi connectivity index (χ2v) is 4.30. The van der Waals surface area contributed by atoms with Gasteiger partial charge in [0.05, 0.1) is 13.2 Å². The van der Waals surface area contributed by atoms with E-state index in [1.165, 1.54) is 0 Å². The number of methoxy groups -OCH3 is 1. The summed E-state index contributed by atoms with van der Waals surface area (Å²) in [6.45, 7) is 3.79. The van der Waals surface area contributed by atoms with Crippen LogP contribution in [-0.4, -0.2) is 17.4 Å². The Bertz CT molecular complexity index is 548. The van der Waals surface area contributed by atoms with Crippen LogP contribution in [0.5, 0.6) is 11.5 Å². The second-order valence-electron chi connectivity index (χ2n) is 4.30. The lowest BCUT2D eigenvalue weighted by molar-refractivity contribution is 0.189. The number of nitrogens with zero attached hydrogens (tertiary/aromatic N) is 1. The molecule has 19 heavy (non-hydrogen) atoms. The van der Waals surface area contributed by atoms with E-state index in [-0.39, 0.29) is 6.61 Å². The van der Waals surface area contributed by atoms with Gasteiger partial charge >= 0.3 is 0 Å². The van der Waals surface area contributed by atoms with Crippen LogP contribution in [0.4, 0.5) is 0 Å². The molecule has 0 aliphatic rings. The van der Waals surface area contributed by atoms with Crippen LogP contribution in [0, 0.1) is 6.92 Å². The number of aliphatic hydroxyl groups is 1. The molecule has 0 unspecified atom stereocenters. The topological polar surface area (TPSA) is 64.7 Å². The highest BCUT2D eigenvalue weighted by Crippen LogP contribution is 2.30. The fourth-order valence-electron chi connectivity index (χ4n) is 1.75. The van der Waals surface area contributed by atoms with E-state index in [0.29, 0.717) is 22.8 Å². The van der Waals surface area contributed by atoms with E-state index in [1.54, 1.807) is 32.2 Å². The molecule has 0 radical (unpaired) electrons. The molecule has 0 aliphatic carbocycles. The third kappa shape index (κ3) is 3.26. The molecular formula is C14H17NO4. The first-order chi connectivity index (χ1) is 9.10. The summed E-state index contributed by atoms with van der Waals surface area (Å²) in [6, 6.07) is 7.12. The minimum absolute atomic E-state index is 0.282. The highest BCUT2D eigenvalue weighted by atomic mass is 16.5. The van der Waals surface area contributed by atoms with Crippen molar-refractivity contribution in [1.82, 2.24) is 5.16 Å². The molecule has 5 heteroatoms. The highest BCUT2D eigenvalue weighted by molar-refractivity contribution is 5.41. The lowest BCUT2D eigenvalue weighted by atomic mass is 10.1. The molecule has 0 bridgehead atoms. The number of ether oxygens (including phenoxy) is 2. The summed E-state index contributed by atoms with van der Waals surface area (Å²) in [6.07, 6.45) is -0.611. The number of aromatic nitrogens is 1. The number of aryl methyl sites for hydroxylation is 1. The summed E-state index contributed by atoms with van der Waals surface area (Å²) >= 11 is 0. The molecule has 2 aromatic rings. The summed E-state index contributed by atoms with van der Waals surface area (Å²) in [5.41, 5.74) is 1.41.